The number of rotatable bonds is 5. The number of piperazine rings is 1. The number of halogens is 1. The van der Waals surface area contributed by atoms with Crippen LogP contribution in [-0.2, 0) is 4.79 Å². The van der Waals surface area contributed by atoms with E-state index in [0.29, 0.717) is 18.8 Å². The molecule has 1 aliphatic heterocycles. The second kappa shape index (κ2) is 8.08. The zero-order chi connectivity index (χ0) is 18.5. The normalized spacial score (nSPS) is 15.5. The third kappa shape index (κ3) is 4.25. The van der Waals surface area contributed by atoms with Gasteiger partial charge in [-0.1, -0.05) is 0 Å². The van der Waals surface area contributed by atoms with Crippen molar-refractivity contribution in [3.05, 3.63) is 54.3 Å². The first kappa shape index (κ1) is 18.0. The van der Waals surface area contributed by atoms with Crippen LogP contribution in [0.3, 0.4) is 0 Å². The first-order valence-electron chi connectivity index (χ1n) is 8.67. The molecule has 1 fully saturated rings. The Morgan fingerprint density at radius 1 is 0.962 bits per heavy atom. The molecule has 1 heterocycles. The molecule has 2 aromatic rings. The van der Waals surface area contributed by atoms with E-state index < -0.39 is 6.10 Å². The van der Waals surface area contributed by atoms with Crippen LogP contribution in [0.5, 0.6) is 11.5 Å². The average Bonchev–Trinajstić information content (AvgIpc) is 2.69. The van der Waals surface area contributed by atoms with Crippen LogP contribution < -0.4 is 14.4 Å². The number of ether oxygens (including phenoxy) is 2. The SMILES string of the molecule is COc1ccc(N2CCN(C(=O)[C@H](C)Oc3ccc(F)cc3)CC2)cc1. The van der Waals surface area contributed by atoms with Gasteiger partial charge in [0.05, 0.1) is 7.11 Å². The van der Waals surface area contributed by atoms with Crippen molar-refractivity contribution in [1.29, 1.82) is 0 Å². The lowest BCUT2D eigenvalue weighted by Gasteiger charge is -2.37. The van der Waals surface area contributed by atoms with Gasteiger partial charge >= 0.3 is 0 Å². The fourth-order valence-corrected chi connectivity index (χ4v) is 3.00. The number of benzene rings is 2. The number of methoxy groups -OCH3 is 1. The maximum atomic E-state index is 13.0. The van der Waals surface area contributed by atoms with Crippen LogP contribution in [0, 0.1) is 5.82 Å². The largest absolute Gasteiger partial charge is 0.497 e. The number of carbonyl (C=O) groups excluding carboxylic acids is 1. The van der Waals surface area contributed by atoms with Crippen LogP contribution in [0.1, 0.15) is 6.92 Å². The van der Waals surface area contributed by atoms with Crippen molar-refractivity contribution in [1.82, 2.24) is 4.90 Å². The lowest BCUT2D eigenvalue weighted by Crippen LogP contribution is -2.52. The second-order valence-electron chi connectivity index (χ2n) is 6.22. The molecule has 0 aromatic heterocycles. The monoisotopic (exact) mass is 358 g/mol. The highest BCUT2D eigenvalue weighted by Crippen LogP contribution is 2.21. The Kier molecular flexibility index (Phi) is 5.61. The van der Waals surface area contributed by atoms with Gasteiger partial charge < -0.3 is 19.3 Å². The summed E-state index contributed by atoms with van der Waals surface area (Å²) in [6.07, 6.45) is -0.604. The van der Waals surface area contributed by atoms with Crippen LogP contribution in [-0.4, -0.2) is 50.2 Å². The van der Waals surface area contributed by atoms with Gasteiger partial charge in [0, 0.05) is 31.9 Å². The number of anilines is 1. The Labute approximate surface area is 152 Å². The maximum absolute atomic E-state index is 13.0. The van der Waals surface area contributed by atoms with Crippen LogP contribution in [0.2, 0.25) is 0 Å². The van der Waals surface area contributed by atoms with Crippen molar-refractivity contribution in [3.8, 4) is 11.5 Å². The van der Waals surface area contributed by atoms with E-state index in [4.69, 9.17) is 9.47 Å². The molecule has 0 unspecified atom stereocenters. The van der Waals surface area contributed by atoms with Crippen molar-refractivity contribution in [2.24, 2.45) is 0 Å². The highest BCUT2D eigenvalue weighted by atomic mass is 19.1. The summed E-state index contributed by atoms with van der Waals surface area (Å²) in [5.74, 6) is 0.938. The van der Waals surface area contributed by atoms with E-state index in [1.807, 2.05) is 29.2 Å². The van der Waals surface area contributed by atoms with E-state index in [0.717, 1.165) is 24.5 Å². The molecule has 0 bridgehead atoms. The summed E-state index contributed by atoms with van der Waals surface area (Å²) in [6.45, 7) is 4.54. The number of hydrogen-bond donors (Lipinski definition) is 0. The maximum Gasteiger partial charge on any atom is 0.263 e. The summed E-state index contributed by atoms with van der Waals surface area (Å²) < 4.78 is 23.8. The predicted molar refractivity (Wildman–Crippen MR) is 98.3 cm³/mol. The zero-order valence-corrected chi connectivity index (χ0v) is 15.0. The van der Waals surface area contributed by atoms with Gasteiger partial charge in [-0.3, -0.25) is 4.79 Å². The molecule has 2 aromatic carbocycles. The van der Waals surface area contributed by atoms with Crippen LogP contribution in [0.4, 0.5) is 10.1 Å². The topological polar surface area (TPSA) is 42.0 Å². The number of carbonyl (C=O) groups is 1. The molecule has 0 spiro atoms. The lowest BCUT2D eigenvalue weighted by atomic mass is 10.2. The van der Waals surface area contributed by atoms with Gasteiger partial charge in [0.1, 0.15) is 17.3 Å². The summed E-state index contributed by atoms with van der Waals surface area (Å²) >= 11 is 0. The number of amides is 1. The van der Waals surface area contributed by atoms with Gasteiger partial charge in [-0.15, -0.1) is 0 Å². The van der Waals surface area contributed by atoms with E-state index in [9.17, 15) is 9.18 Å². The third-order valence-electron chi connectivity index (χ3n) is 4.50. The molecular formula is C20H23FN2O3. The third-order valence-corrected chi connectivity index (χ3v) is 4.50. The minimum absolute atomic E-state index is 0.0521. The summed E-state index contributed by atoms with van der Waals surface area (Å²) in [5, 5.41) is 0. The second-order valence-corrected chi connectivity index (χ2v) is 6.22. The quantitative estimate of drug-likeness (QED) is 0.824. The molecule has 0 N–H and O–H groups in total. The van der Waals surface area contributed by atoms with Crippen molar-refractivity contribution in [3.63, 3.8) is 0 Å². The minimum atomic E-state index is -0.604. The minimum Gasteiger partial charge on any atom is -0.497 e. The van der Waals surface area contributed by atoms with Crippen LogP contribution in [0.15, 0.2) is 48.5 Å². The first-order chi connectivity index (χ1) is 12.6. The molecule has 1 aliphatic rings. The lowest BCUT2D eigenvalue weighted by molar-refractivity contribution is -0.138. The Hall–Kier alpha value is -2.76. The van der Waals surface area contributed by atoms with Crippen molar-refractivity contribution < 1.29 is 18.7 Å². The van der Waals surface area contributed by atoms with E-state index in [1.54, 1.807) is 14.0 Å². The summed E-state index contributed by atoms with van der Waals surface area (Å²) in [6, 6.07) is 13.6. The molecule has 138 valence electrons. The molecular weight excluding hydrogens is 335 g/mol. The van der Waals surface area contributed by atoms with Gasteiger partial charge in [0.2, 0.25) is 0 Å². The molecule has 26 heavy (non-hydrogen) atoms. The van der Waals surface area contributed by atoms with Crippen LogP contribution >= 0.6 is 0 Å². The Morgan fingerprint density at radius 2 is 1.54 bits per heavy atom. The first-order valence-corrected chi connectivity index (χ1v) is 8.67. The molecule has 1 atom stereocenters. The molecule has 5 nitrogen and oxygen atoms in total. The molecule has 1 amide bonds. The fourth-order valence-electron chi connectivity index (χ4n) is 3.00. The molecule has 1 saturated heterocycles. The van der Waals surface area contributed by atoms with E-state index in [1.165, 1.54) is 24.3 Å². The zero-order valence-electron chi connectivity index (χ0n) is 15.0. The van der Waals surface area contributed by atoms with E-state index >= 15 is 0 Å². The molecule has 6 heteroatoms. The smallest absolute Gasteiger partial charge is 0.263 e. The Balaban J connectivity index is 1.53. The van der Waals surface area contributed by atoms with Crippen LogP contribution in [0.25, 0.3) is 0 Å². The molecule has 0 aliphatic carbocycles. The van der Waals surface area contributed by atoms with Gasteiger partial charge in [-0.05, 0) is 55.5 Å². The predicted octanol–water partition coefficient (Wildman–Crippen LogP) is 2.95. The fraction of sp³-hybridized carbons (Fsp3) is 0.350. The summed E-state index contributed by atoms with van der Waals surface area (Å²) in [5.41, 5.74) is 1.12. The van der Waals surface area contributed by atoms with Gasteiger partial charge in [-0.25, -0.2) is 4.39 Å². The van der Waals surface area contributed by atoms with E-state index in [-0.39, 0.29) is 11.7 Å². The van der Waals surface area contributed by atoms with Crippen molar-refractivity contribution in [2.75, 3.05) is 38.2 Å². The average molecular weight is 358 g/mol. The van der Waals surface area contributed by atoms with Gasteiger partial charge in [0.15, 0.2) is 6.10 Å². The highest BCUT2D eigenvalue weighted by Gasteiger charge is 2.26. The van der Waals surface area contributed by atoms with Crippen molar-refractivity contribution in [2.45, 2.75) is 13.0 Å². The molecule has 0 saturated carbocycles. The Bertz CT molecular complexity index is 726. The molecule has 3 rings (SSSR count). The van der Waals surface area contributed by atoms with Crippen molar-refractivity contribution >= 4 is 11.6 Å². The molecule has 0 radical (unpaired) electrons. The van der Waals surface area contributed by atoms with Gasteiger partial charge in [0.25, 0.3) is 5.91 Å². The standard InChI is InChI=1S/C20H23FN2O3/c1-15(26-19-7-3-16(21)4-8-19)20(24)23-13-11-22(12-14-23)17-5-9-18(25-2)10-6-17/h3-10,15H,11-14H2,1-2H3/t15-/m0/s1. The number of nitrogens with zero attached hydrogens (tertiary/aromatic N) is 2. The van der Waals surface area contributed by atoms with E-state index in [2.05, 4.69) is 4.90 Å². The summed E-state index contributed by atoms with van der Waals surface area (Å²) in [7, 11) is 1.65. The Morgan fingerprint density at radius 3 is 2.12 bits per heavy atom. The van der Waals surface area contributed by atoms with Gasteiger partial charge in [-0.2, -0.15) is 0 Å². The number of hydrogen-bond acceptors (Lipinski definition) is 4. The summed E-state index contributed by atoms with van der Waals surface area (Å²) in [4.78, 5) is 16.6. The highest BCUT2D eigenvalue weighted by molar-refractivity contribution is 5.81.